The van der Waals surface area contributed by atoms with Crippen molar-refractivity contribution in [1.29, 1.82) is 0 Å². The van der Waals surface area contributed by atoms with E-state index in [9.17, 15) is 22.0 Å². The summed E-state index contributed by atoms with van der Waals surface area (Å²) in [5.74, 6) is -1.55. The largest absolute Gasteiger partial charge is 0.574 e. The first-order chi connectivity index (χ1) is 7.74. The van der Waals surface area contributed by atoms with Gasteiger partial charge in [0, 0.05) is 11.4 Å². The summed E-state index contributed by atoms with van der Waals surface area (Å²) in [7, 11) is 0. The third-order valence-corrected chi connectivity index (χ3v) is 2.34. The molecule has 1 aromatic heterocycles. The molecule has 0 saturated carbocycles. The first-order valence-electron chi connectivity index (χ1n) is 4.13. The van der Waals surface area contributed by atoms with Crippen molar-refractivity contribution < 1.29 is 26.7 Å². The minimum absolute atomic E-state index is 0.0897. The Kier molecular flexibility index (Phi) is 4.12. The van der Waals surface area contributed by atoms with Crippen molar-refractivity contribution in [2.24, 2.45) is 0 Å². The fourth-order valence-electron chi connectivity index (χ4n) is 1.14. The van der Waals surface area contributed by atoms with Gasteiger partial charge in [0.2, 0.25) is 5.88 Å². The molecule has 17 heavy (non-hydrogen) atoms. The second-order valence-corrected chi connectivity index (χ2v) is 3.46. The van der Waals surface area contributed by atoms with E-state index in [-0.39, 0.29) is 10.9 Å². The monoisotopic (exact) mass is 320 g/mol. The summed E-state index contributed by atoms with van der Waals surface area (Å²) in [5.41, 5.74) is 4.45. The number of nitrogens with two attached hydrogens (primary N) is 1. The van der Waals surface area contributed by atoms with Crippen LogP contribution in [-0.4, -0.2) is 11.3 Å². The van der Waals surface area contributed by atoms with Gasteiger partial charge >= 0.3 is 6.36 Å². The van der Waals surface area contributed by atoms with Crippen molar-refractivity contribution in [3.8, 4) is 5.88 Å². The summed E-state index contributed by atoms with van der Waals surface area (Å²) < 4.78 is 64.3. The van der Waals surface area contributed by atoms with E-state index in [0.29, 0.717) is 0 Å². The molecule has 1 rings (SSSR count). The van der Waals surface area contributed by atoms with Gasteiger partial charge in [-0.3, -0.25) is 0 Å². The lowest BCUT2D eigenvalue weighted by Crippen LogP contribution is -2.19. The third-order valence-electron chi connectivity index (χ3n) is 1.73. The average molecular weight is 321 g/mol. The maximum atomic E-state index is 12.5. The zero-order valence-corrected chi connectivity index (χ0v) is 9.65. The quantitative estimate of drug-likeness (QED) is 0.686. The number of hydrogen-bond acceptors (Lipinski definition) is 3. The number of ether oxygens (including phenoxy) is 1. The normalized spacial score (nSPS) is 11.9. The van der Waals surface area contributed by atoms with Crippen LogP contribution in [0.3, 0.4) is 0 Å². The fraction of sp³-hybridized carbons (Fsp3) is 0.375. The standard InChI is InChI=1S/C8H6BrF5N2O/c9-2-3-1-4(17-8(12,13)14)16-7(15)5(3)6(10)11/h1,6H,2H2,(H2,15,16). The molecule has 0 radical (unpaired) electrons. The van der Waals surface area contributed by atoms with Gasteiger partial charge < -0.3 is 10.5 Å². The highest BCUT2D eigenvalue weighted by Crippen LogP contribution is 2.32. The average Bonchev–Trinajstić information content (AvgIpc) is 2.12. The first kappa shape index (κ1) is 13.9. The van der Waals surface area contributed by atoms with Gasteiger partial charge in [0.25, 0.3) is 6.43 Å². The Hall–Kier alpha value is -1.12. The highest BCUT2D eigenvalue weighted by atomic mass is 79.9. The second-order valence-electron chi connectivity index (χ2n) is 2.90. The summed E-state index contributed by atoms with van der Waals surface area (Å²) in [6.07, 6.45) is -7.87. The molecule has 2 N–H and O–H groups in total. The number of anilines is 1. The molecule has 0 fully saturated rings. The van der Waals surface area contributed by atoms with Crippen molar-refractivity contribution in [3.63, 3.8) is 0 Å². The number of hydrogen-bond donors (Lipinski definition) is 1. The van der Waals surface area contributed by atoms with Crippen molar-refractivity contribution >= 4 is 21.7 Å². The van der Waals surface area contributed by atoms with E-state index in [0.717, 1.165) is 6.07 Å². The molecule has 3 nitrogen and oxygen atoms in total. The third kappa shape index (κ3) is 3.69. The molecular weight excluding hydrogens is 315 g/mol. The number of rotatable bonds is 3. The van der Waals surface area contributed by atoms with Crippen LogP contribution in [0.2, 0.25) is 0 Å². The van der Waals surface area contributed by atoms with Crippen LogP contribution in [0.25, 0.3) is 0 Å². The number of alkyl halides is 6. The van der Waals surface area contributed by atoms with Crippen LogP contribution in [0.1, 0.15) is 17.6 Å². The zero-order valence-electron chi connectivity index (χ0n) is 8.06. The maximum absolute atomic E-state index is 12.5. The minimum Gasteiger partial charge on any atom is -0.388 e. The lowest BCUT2D eigenvalue weighted by molar-refractivity contribution is -0.276. The van der Waals surface area contributed by atoms with Gasteiger partial charge in [-0.2, -0.15) is 4.98 Å². The topological polar surface area (TPSA) is 48.1 Å². The predicted octanol–water partition coefficient (Wildman–Crippen LogP) is 3.39. The van der Waals surface area contributed by atoms with Gasteiger partial charge in [0.05, 0.1) is 5.56 Å². The Balaban J connectivity index is 3.18. The van der Waals surface area contributed by atoms with Crippen LogP contribution >= 0.6 is 15.9 Å². The van der Waals surface area contributed by atoms with Gasteiger partial charge in [-0.15, -0.1) is 13.2 Å². The van der Waals surface area contributed by atoms with Crippen LogP contribution in [-0.2, 0) is 5.33 Å². The van der Waals surface area contributed by atoms with Gasteiger partial charge in [0.15, 0.2) is 0 Å². The van der Waals surface area contributed by atoms with Crippen molar-refractivity contribution in [3.05, 3.63) is 17.2 Å². The molecule has 0 aromatic carbocycles. The summed E-state index contributed by atoms with van der Waals surface area (Å²) in [5, 5.41) is -0.0897. The van der Waals surface area contributed by atoms with Gasteiger partial charge in [-0.25, -0.2) is 8.78 Å². The van der Waals surface area contributed by atoms with Crippen molar-refractivity contribution in [1.82, 2.24) is 4.98 Å². The van der Waals surface area contributed by atoms with Gasteiger partial charge in [-0.1, -0.05) is 15.9 Å². The zero-order chi connectivity index (χ0) is 13.2. The fourth-order valence-corrected chi connectivity index (χ4v) is 1.60. The molecule has 9 heteroatoms. The Morgan fingerprint density at radius 1 is 1.41 bits per heavy atom. The summed E-state index contributed by atoms with van der Waals surface area (Å²) >= 11 is 2.87. The number of halogens is 6. The van der Waals surface area contributed by atoms with Crippen LogP contribution in [0, 0.1) is 0 Å². The number of nitrogens with zero attached hydrogens (tertiary/aromatic N) is 1. The van der Waals surface area contributed by atoms with E-state index >= 15 is 0 Å². The Morgan fingerprint density at radius 2 is 2.00 bits per heavy atom. The van der Waals surface area contributed by atoms with Crippen LogP contribution in [0.15, 0.2) is 6.07 Å². The minimum atomic E-state index is -4.95. The molecule has 0 spiro atoms. The van der Waals surface area contributed by atoms with E-state index in [1.165, 1.54) is 0 Å². The van der Waals surface area contributed by atoms with Crippen molar-refractivity contribution in [2.45, 2.75) is 18.1 Å². The smallest absolute Gasteiger partial charge is 0.388 e. The molecule has 1 aromatic rings. The molecule has 96 valence electrons. The van der Waals surface area contributed by atoms with Gasteiger partial charge in [0.1, 0.15) is 5.82 Å². The van der Waals surface area contributed by atoms with E-state index in [1.54, 1.807) is 0 Å². The van der Waals surface area contributed by atoms with Gasteiger partial charge in [-0.05, 0) is 5.56 Å². The lowest BCUT2D eigenvalue weighted by atomic mass is 10.1. The second kappa shape index (κ2) is 5.03. The molecule has 0 aliphatic carbocycles. The van der Waals surface area contributed by atoms with Crippen molar-refractivity contribution in [2.75, 3.05) is 5.73 Å². The van der Waals surface area contributed by atoms with E-state index < -0.39 is 30.0 Å². The van der Waals surface area contributed by atoms with E-state index in [1.807, 2.05) is 0 Å². The predicted molar refractivity (Wildman–Crippen MR) is 52.9 cm³/mol. The SMILES string of the molecule is Nc1nc(OC(F)(F)F)cc(CBr)c1C(F)F. The summed E-state index contributed by atoms with van der Waals surface area (Å²) in [6, 6.07) is 0.764. The molecule has 0 saturated heterocycles. The summed E-state index contributed by atoms with van der Waals surface area (Å²) in [4.78, 5) is 3.12. The molecule has 0 amide bonds. The van der Waals surface area contributed by atoms with E-state index in [4.69, 9.17) is 5.73 Å². The molecule has 0 atom stereocenters. The Labute approximate surface area is 101 Å². The number of aromatic nitrogens is 1. The molecular formula is C8H6BrF5N2O. The molecule has 0 aliphatic heterocycles. The molecule has 0 bridgehead atoms. The molecule has 0 aliphatic rings. The Bertz CT molecular complexity index is 410. The highest BCUT2D eigenvalue weighted by Gasteiger charge is 2.32. The van der Waals surface area contributed by atoms with Crippen LogP contribution in [0.5, 0.6) is 5.88 Å². The van der Waals surface area contributed by atoms with E-state index in [2.05, 4.69) is 25.7 Å². The number of nitrogen functional groups attached to an aromatic ring is 1. The van der Waals surface area contributed by atoms with Crippen LogP contribution in [0.4, 0.5) is 27.8 Å². The lowest BCUT2D eigenvalue weighted by Gasteiger charge is -2.13. The number of pyridine rings is 1. The van der Waals surface area contributed by atoms with Crippen LogP contribution < -0.4 is 10.5 Å². The molecule has 0 unspecified atom stereocenters. The summed E-state index contributed by atoms with van der Waals surface area (Å²) in [6.45, 7) is 0. The molecule has 1 heterocycles. The Morgan fingerprint density at radius 3 is 2.41 bits per heavy atom. The first-order valence-corrected chi connectivity index (χ1v) is 5.26. The highest BCUT2D eigenvalue weighted by molar-refractivity contribution is 9.08. The maximum Gasteiger partial charge on any atom is 0.574 e.